The number of aromatic nitrogens is 2. The second-order valence-electron chi connectivity index (χ2n) is 12.2. The van der Waals surface area contributed by atoms with Gasteiger partial charge in [-0.25, -0.2) is 0 Å². The molecule has 0 aliphatic rings. The first kappa shape index (κ1) is 26.9. The van der Waals surface area contributed by atoms with Gasteiger partial charge in [-0.1, -0.05) is 126 Å². The highest BCUT2D eigenvalue weighted by molar-refractivity contribution is 6.24. The largest absolute Gasteiger partial charge is 0.350 e. The number of rotatable bonds is 13. The van der Waals surface area contributed by atoms with Gasteiger partial charge in [0.2, 0.25) is 0 Å². The van der Waals surface area contributed by atoms with Gasteiger partial charge in [0.25, 0.3) is 0 Å². The number of hydrogen-bond donors (Lipinski definition) is 0. The summed E-state index contributed by atoms with van der Waals surface area (Å²) in [5, 5.41) is 10.8. The van der Waals surface area contributed by atoms with E-state index in [0.717, 1.165) is 0 Å². The van der Waals surface area contributed by atoms with Gasteiger partial charge in [-0.2, -0.15) is 0 Å². The standard InChI is InChI=1S/C38H46N2/c1-4-5-6-7-8-9-10-11-12-13-14-15-16-30-27-29-18-20-34-32-21-23-35-33(19-17-28-25-26-39(2)37(28)35)31(32)22-24-36(34)38(29)40(30)3/h17-27H,4-16H2,1-3H3. The van der Waals surface area contributed by atoms with Gasteiger partial charge in [-0.05, 0) is 46.5 Å². The zero-order chi connectivity index (χ0) is 27.5. The van der Waals surface area contributed by atoms with Crippen molar-refractivity contribution >= 4 is 54.1 Å². The number of hydrogen-bond acceptors (Lipinski definition) is 0. The van der Waals surface area contributed by atoms with Crippen LogP contribution in [0.2, 0.25) is 0 Å². The Kier molecular flexibility index (Phi) is 8.14. The van der Waals surface area contributed by atoms with Gasteiger partial charge in [-0.15, -0.1) is 0 Å². The van der Waals surface area contributed by atoms with Crippen molar-refractivity contribution < 1.29 is 0 Å². The van der Waals surface area contributed by atoms with Crippen LogP contribution in [0.15, 0.2) is 66.9 Å². The molecular weight excluding hydrogens is 484 g/mol. The molecule has 2 nitrogen and oxygen atoms in total. The minimum Gasteiger partial charge on any atom is -0.350 e. The molecule has 0 saturated carbocycles. The molecule has 0 unspecified atom stereocenters. The SMILES string of the molecule is CCCCCCCCCCCCCCc1cc2ccc3c4ccc5c(ccc6ccn(C)c65)c4ccc3c2n1C. The number of aryl methyl sites for hydroxylation is 3. The minimum absolute atomic E-state index is 1.18. The molecule has 2 aromatic heterocycles. The van der Waals surface area contributed by atoms with E-state index in [9.17, 15) is 0 Å². The first-order chi connectivity index (χ1) is 19.7. The molecule has 0 atom stereocenters. The number of fused-ring (bicyclic) bond motifs is 9. The van der Waals surface area contributed by atoms with Gasteiger partial charge in [0.1, 0.15) is 0 Å². The molecule has 0 radical (unpaired) electrons. The third kappa shape index (κ3) is 5.14. The van der Waals surface area contributed by atoms with E-state index in [-0.39, 0.29) is 0 Å². The Balaban J connectivity index is 1.15. The number of unbranched alkanes of at least 4 members (excludes halogenated alkanes) is 11. The van der Waals surface area contributed by atoms with Crippen LogP contribution in [0.3, 0.4) is 0 Å². The van der Waals surface area contributed by atoms with Gasteiger partial charge in [0, 0.05) is 47.5 Å². The van der Waals surface area contributed by atoms with Gasteiger partial charge in [-0.3, -0.25) is 0 Å². The zero-order valence-electron chi connectivity index (χ0n) is 24.9. The van der Waals surface area contributed by atoms with Crippen LogP contribution < -0.4 is 0 Å². The van der Waals surface area contributed by atoms with Gasteiger partial charge < -0.3 is 9.13 Å². The van der Waals surface area contributed by atoms with Crippen LogP contribution in [0.1, 0.15) is 89.7 Å². The third-order valence-corrected chi connectivity index (χ3v) is 9.41. The van der Waals surface area contributed by atoms with Crippen molar-refractivity contribution in [3.63, 3.8) is 0 Å². The lowest BCUT2D eigenvalue weighted by atomic mass is 9.95. The monoisotopic (exact) mass is 530 g/mol. The van der Waals surface area contributed by atoms with Crippen molar-refractivity contribution in [1.82, 2.24) is 9.13 Å². The molecule has 208 valence electrons. The normalized spacial score (nSPS) is 12.2. The Morgan fingerprint density at radius 3 is 1.57 bits per heavy atom. The Morgan fingerprint density at radius 1 is 0.475 bits per heavy atom. The van der Waals surface area contributed by atoms with Crippen molar-refractivity contribution in [2.75, 3.05) is 0 Å². The van der Waals surface area contributed by atoms with E-state index < -0.39 is 0 Å². The molecule has 40 heavy (non-hydrogen) atoms. The van der Waals surface area contributed by atoms with Crippen LogP contribution in [-0.4, -0.2) is 9.13 Å². The van der Waals surface area contributed by atoms with Crippen LogP contribution in [-0.2, 0) is 20.5 Å². The fraction of sp³-hybridized carbons (Fsp3) is 0.421. The molecule has 0 aliphatic carbocycles. The van der Waals surface area contributed by atoms with Gasteiger partial charge >= 0.3 is 0 Å². The smallest absolute Gasteiger partial charge is 0.0559 e. The maximum atomic E-state index is 2.47. The topological polar surface area (TPSA) is 9.86 Å². The minimum atomic E-state index is 1.18. The Bertz CT molecular complexity index is 1760. The van der Waals surface area contributed by atoms with Crippen molar-refractivity contribution in [3.8, 4) is 0 Å². The summed E-state index contributed by atoms with van der Waals surface area (Å²) in [6.07, 6.45) is 20.2. The molecule has 0 aliphatic heterocycles. The van der Waals surface area contributed by atoms with E-state index in [1.807, 2.05) is 0 Å². The Hall–Kier alpha value is -3.26. The van der Waals surface area contributed by atoms with E-state index >= 15 is 0 Å². The van der Waals surface area contributed by atoms with E-state index in [2.05, 4.69) is 97.0 Å². The lowest BCUT2D eigenvalue weighted by Gasteiger charge is -2.11. The van der Waals surface area contributed by atoms with Crippen LogP contribution in [0.5, 0.6) is 0 Å². The molecule has 6 aromatic rings. The molecule has 2 heteroatoms. The van der Waals surface area contributed by atoms with Gasteiger partial charge in [0.05, 0.1) is 11.0 Å². The second-order valence-corrected chi connectivity index (χ2v) is 12.2. The zero-order valence-corrected chi connectivity index (χ0v) is 24.9. The maximum Gasteiger partial charge on any atom is 0.0559 e. The van der Waals surface area contributed by atoms with Crippen LogP contribution in [0.25, 0.3) is 54.1 Å². The lowest BCUT2D eigenvalue weighted by molar-refractivity contribution is 0.542. The van der Waals surface area contributed by atoms with Crippen LogP contribution >= 0.6 is 0 Å². The summed E-state index contributed by atoms with van der Waals surface area (Å²) in [5.74, 6) is 0. The average molecular weight is 531 g/mol. The van der Waals surface area contributed by atoms with E-state index in [0.29, 0.717) is 0 Å². The first-order valence-corrected chi connectivity index (χ1v) is 16.0. The van der Waals surface area contributed by atoms with Crippen molar-refractivity contribution in [1.29, 1.82) is 0 Å². The summed E-state index contributed by atoms with van der Waals surface area (Å²) in [6.45, 7) is 2.30. The lowest BCUT2D eigenvalue weighted by Crippen LogP contribution is -1.97. The molecular formula is C38H46N2. The van der Waals surface area contributed by atoms with Gasteiger partial charge in [0.15, 0.2) is 0 Å². The highest BCUT2D eigenvalue weighted by Crippen LogP contribution is 2.37. The summed E-state index contributed by atoms with van der Waals surface area (Å²) in [6, 6.07) is 23.3. The Labute approximate surface area is 240 Å². The summed E-state index contributed by atoms with van der Waals surface area (Å²) < 4.78 is 4.71. The molecule has 0 spiro atoms. The quantitative estimate of drug-likeness (QED) is 0.104. The van der Waals surface area contributed by atoms with E-state index in [1.54, 1.807) is 0 Å². The summed E-state index contributed by atoms with van der Waals surface area (Å²) in [4.78, 5) is 0. The average Bonchev–Trinajstić information content (AvgIpc) is 3.52. The Morgan fingerprint density at radius 2 is 0.950 bits per heavy atom. The number of nitrogens with zero attached hydrogens (tertiary/aromatic N) is 2. The fourth-order valence-corrected chi connectivity index (χ4v) is 7.13. The molecule has 2 heterocycles. The molecule has 4 aromatic carbocycles. The fourth-order valence-electron chi connectivity index (χ4n) is 7.13. The summed E-state index contributed by atoms with van der Waals surface area (Å²) in [5.41, 5.74) is 4.17. The van der Waals surface area contributed by atoms with Crippen LogP contribution in [0.4, 0.5) is 0 Å². The third-order valence-electron chi connectivity index (χ3n) is 9.41. The van der Waals surface area contributed by atoms with Crippen molar-refractivity contribution in [3.05, 3.63) is 72.6 Å². The molecule has 0 saturated heterocycles. The molecule has 0 bridgehead atoms. The van der Waals surface area contributed by atoms with Crippen LogP contribution in [0, 0.1) is 0 Å². The molecule has 0 N–H and O–H groups in total. The molecule has 0 amide bonds. The summed E-state index contributed by atoms with van der Waals surface area (Å²) in [7, 11) is 4.42. The summed E-state index contributed by atoms with van der Waals surface area (Å²) >= 11 is 0. The predicted octanol–water partition coefficient (Wildman–Crippen LogP) is 11.4. The second kappa shape index (κ2) is 12.1. The van der Waals surface area contributed by atoms with Crippen molar-refractivity contribution in [2.24, 2.45) is 14.1 Å². The first-order valence-electron chi connectivity index (χ1n) is 16.0. The maximum absolute atomic E-state index is 2.47. The predicted molar refractivity (Wildman–Crippen MR) is 177 cm³/mol. The highest BCUT2D eigenvalue weighted by Gasteiger charge is 2.13. The molecule has 6 rings (SSSR count). The molecule has 0 fully saturated rings. The van der Waals surface area contributed by atoms with E-state index in [1.165, 1.54) is 143 Å². The van der Waals surface area contributed by atoms with E-state index in [4.69, 9.17) is 0 Å². The highest BCUT2D eigenvalue weighted by atomic mass is 14.9. The van der Waals surface area contributed by atoms with Crippen molar-refractivity contribution in [2.45, 2.75) is 90.4 Å². The number of benzene rings is 4.